The van der Waals surface area contributed by atoms with E-state index >= 15 is 0 Å². The molecule has 3 unspecified atom stereocenters. The fourth-order valence-electron chi connectivity index (χ4n) is 9.35. The number of nitrogens with zero attached hydrogens (tertiary/aromatic N) is 10. The molecule has 10 heterocycles. The summed E-state index contributed by atoms with van der Waals surface area (Å²) in [6.45, 7) is 6.37. The Labute approximate surface area is 334 Å². The Morgan fingerprint density at radius 2 is 1.79 bits per heavy atom. The van der Waals surface area contributed by atoms with E-state index in [1.807, 2.05) is 47.2 Å². The number of hydrogen-bond acceptors (Lipinski definition) is 14. The van der Waals surface area contributed by atoms with Gasteiger partial charge in [0, 0.05) is 75.9 Å². The Bertz CT molecular complexity index is 2330. The summed E-state index contributed by atoms with van der Waals surface area (Å²) in [5.41, 5.74) is 5.72. The van der Waals surface area contributed by atoms with E-state index < -0.39 is 0 Å². The molecule has 292 valence electrons. The predicted molar refractivity (Wildman–Crippen MR) is 215 cm³/mol. The maximum atomic E-state index is 12.3. The highest BCUT2D eigenvalue weighted by Crippen LogP contribution is 2.40. The smallest absolute Gasteiger partial charge is 0.234 e. The van der Waals surface area contributed by atoms with E-state index in [2.05, 4.69) is 42.6 Å². The highest BCUT2D eigenvalue weighted by Gasteiger charge is 2.42. The van der Waals surface area contributed by atoms with Gasteiger partial charge in [-0.3, -0.25) is 24.8 Å². The summed E-state index contributed by atoms with van der Waals surface area (Å²) in [6.07, 6.45) is 11.8. The minimum atomic E-state index is -0.306. The van der Waals surface area contributed by atoms with Gasteiger partial charge in [0.05, 0.1) is 52.8 Å². The van der Waals surface area contributed by atoms with Crippen LogP contribution in [0.5, 0.6) is 0 Å². The van der Waals surface area contributed by atoms with Crippen LogP contribution >= 0.6 is 11.3 Å². The van der Waals surface area contributed by atoms with Crippen LogP contribution in [0.3, 0.4) is 0 Å². The average Bonchev–Trinajstić information content (AvgIpc) is 4.06. The Balaban J connectivity index is 0.786. The molecule has 2 N–H and O–H groups in total. The molecule has 5 aliphatic rings. The molecular weight excluding hydrogens is 741 g/mol. The van der Waals surface area contributed by atoms with Crippen molar-refractivity contribution >= 4 is 45.3 Å². The minimum absolute atomic E-state index is 0.192. The predicted octanol–water partition coefficient (Wildman–Crippen LogP) is 4.47. The number of carbonyl (C=O) groups is 2. The Hall–Kier alpha value is -5.50. The first-order chi connectivity index (χ1) is 28.0. The molecule has 16 heteroatoms. The second-order valence-corrected chi connectivity index (χ2v) is 16.9. The molecule has 5 aromatic heterocycles. The summed E-state index contributed by atoms with van der Waals surface area (Å²) in [5.74, 6) is 0.882. The third-order valence-corrected chi connectivity index (χ3v) is 13.5. The number of anilines is 3. The van der Waals surface area contributed by atoms with Gasteiger partial charge in [-0.1, -0.05) is 17.4 Å². The first-order valence-electron chi connectivity index (χ1n) is 20.1. The molecule has 0 radical (unpaired) electrons. The first-order valence-corrected chi connectivity index (χ1v) is 20.9. The molecule has 0 saturated carbocycles. The Morgan fingerprint density at radius 1 is 0.930 bits per heavy atom. The van der Waals surface area contributed by atoms with Crippen molar-refractivity contribution in [3.63, 3.8) is 0 Å². The summed E-state index contributed by atoms with van der Waals surface area (Å²) in [5, 5.41) is 31.3. The summed E-state index contributed by atoms with van der Waals surface area (Å²) in [4.78, 5) is 41.1. The van der Waals surface area contributed by atoms with Crippen LogP contribution in [0.1, 0.15) is 62.0 Å². The van der Waals surface area contributed by atoms with Crippen molar-refractivity contribution in [1.29, 1.82) is 5.26 Å². The second kappa shape index (κ2) is 15.1. The van der Waals surface area contributed by atoms with Crippen LogP contribution in [0, 0.1) is 17.2 Å². The van der Waals surface area contributed by atoms with Crippen LogP contribution < -0.4 is 20.4 Å². The van der Waals surface area contributed by atoms with Gasteiger partial charge < -0.3 is 19.9 Å². The SMILES string of the molecule is N#Cc1cnn2c(-c3cc(N[C@H]4CCOC4)c(-c4nnc(N5CC6CCC(C5)N6CC5CCN(c6ccc(C7CCC(=O)NC7=O)cn6)CC5)s4)cn3)ccc2c1. The van der Waals surface area contributed by atoms with Gasteiger partial charge in [0.1, 0.15) is 11.9 Å². The van der Waals surface area contributed by atoms with Gasteiger partial charge >= 0.3 is 0 Å². The molecule has 10 rings (SSSR count). The minimum Gasteiger partial charge on any atom is -0.379 e. The van der Waals surface area contributed by atoms with E-state index in [4.69, 9.17) is 24.9 Å². The van der Waals surface area contributed by atoms with E-state index in [0.717, 1.165) is 108 Å². The van der Waals surface area contributed by atoms with Crippen LogP contribution in [0.25, 0.3) is 27.5 Å². The van der Waals surface area contributed by atoms with E-state index in [9.17, 15) is 14.9 Å². The van der Waals surface area contributed by atoms with Crippen LogP contribution in [0.2, 0.25) is 0 Å². The topological polar surface area (TPSA) is 170 Å². The van der Waals surface area contributed by atoms with Crippen LogP contribution in [0.15, 0.2) is 55.0 Å². The number of nitrogens with one attached hydrogen (secondary N) is 2. The van der Waals surface area contributed by atoms with Crippen LogP contribution in [0.4, 0.5) is 16.6 Å². The van der Waals surface area contributed by atoms with Gasteiger partial charge in [-0.2, -0.15) is 10.4 Å². The second-order valence-electron chi connectivity index (χ2n) is 16.0. The molecule has 0 aliphatic carbocycles. The van der Waals surface area contributed by atoms with Gasteiger partial charge in [-0.25, -0.2) is 9.50 Å². The zero-order valence-electron chi connectivity index (χ0n) is 31.6. The lowest BCUT2D eigenvalue weighted by atomic mass is 9.91. The lowest BCUT2D eigenvalue weighted by Gasteiger charge is -2.43. The summed E-state index contributed by atoms with van der Waals surface area (Å²) < 4.78 is 7.51. The van der Waals surface area contributed by atoms with Crippen molar-refractivity contribution in [1.82, 2.24) is 40.0 Å². The van der Waals surface area contributed by atoms with Crippen LogP contribution in [-0.2, 0) is 14.3 Å². The lowest BCUT2D eigenvalue weighted by Crippen LogP contribution is -2.55. The quantitative estimate of drug-likeness (QED) is 0.201. The molecule has 2 amide bonds. The summed E-state index contributed by atoms with van der Waals surface area (Å²) in [6, 6.07) is 15.2. The van der Waals surface area contributed by atoms with Crippen molar-refractivity contribution in [2.24, 2.45) is 5.92 Å². The first kappa shape index (κ1) is 35.9. The van der Waals surface area contributed by atoms with E-state index in [-0.39, 0.29) is 23.8 Å². The molecular formula is C41H44N12O3S. The number of carbonyl (C=O) groups excluding carboxylic acids is 2. The van der Waals surface area contributed by atoms with Crippen molar-refractivity contribution < 1.29 is 14.3 Å². The molecule has 15 nitrogen and oxygen atoms in total. The highest BCUT2D eigenvalue weighted by molar-refractivity contribution is 7.18. The standard InChI is InChI=1S/C41H44N12O3S/c42-17-26-15-29-4-6-36(53(29)45-18-26)35-16-34(46-28-11-14-56-24-28)33(20-43-35)40-48-49-41(57-40)51-22-30-2-3-31(23-51)52(30)21-25-9-12-50(13-10-25)37-7-1-27(19-44-37)32-5-8-38(54)47-39(32)55/h1,4,6-7,15-16,18-20,25,28,30-32H,2-3,5,8-14,21-24H2,(H,43,46)(H,47,54,55)/t28-,30?,31?,32?/m0/s1. The monoisotopic (exact) mass is 784 g/mol. The third kappa shape index (κ3) is 7.08. The fourth-order valence-corrected chi connectivity index (χ4v) is 10.2. The van der Waals surface area contributed by atoms with Crippen molar-refractivity contribution in [3.05, 3.63) is 66.1 Å². The molecule has 5 aromatic rings. The zero-order valence-corrected chi connectivity index (χ0v) is 32.4. The van der Waals surface area contributed by atoms with Gasteiger partial charge in [0.25, 0.3) is 0 Å². The van der Waals surface area contributed by atoms with Gasteiger partial charge in [0.15, 0.2) is 5.01 Å². The molecule has 5 aliphatic heterocycles. The Kier molecular flexibility index (Phi) is 9.51. The molecule has 5 fully saturated rings. The molecule has 5 saturated heterocycles. The van der Waals surface area contributed by atoms with E-state index in [1.165, 1.54) is 12.8 Å². The Morgan fingerprint density at radius 3 is 2.54 bits per heavy atom. The largest absolute Gasteiger partial charge is 0.379 e. The fraction of sp³-hybridized carbons (Fsp3) is 0.463. The lowest BCUT2D eigenvalue weighted by molar-refractivity contribution is -0.134. The average molecular weight is 785 g/mol. The zero-order chi connectivity index (χ0) is 38.5. The number of piperidine rings is 2. The number of imide groups is 1. The highest BCUT2D eigenvalue weighted by atomic mass is 32.1. The maximum Gasteiger partial charge on any atom is 0.234 e. The molecule has 0 aromatic carbocycles. The van der Waals surface area contributed by atoms with Crippen molar-refractivity contribution in [2.45, 2.75) is 69.0 Å². The number of pyridine rings is 2. The number of amides is 2. The summed E-state index contributed by atoms with van der Waals surface area (Å²) in [7, 11) is 0. The van der Waals surface area contributed by atoms with Crippen LogP contribution in [-0.4, -0.2) is 111 Å². The number of nitriles is 1. The number of piperazine rings is 1. The number of rotatable bonds is 9. The van der Waals surface area contributed by atoms with Gasteiger partial charge in [-0.15, -0.1) is 10.2 Å². The molecule has 0 spiro atoms. The number of hydrogen-bond donors (Lipinski definition) is 2. The molecule has 4 atom stereocenters. The number of fused-ring (bicyclic) bond motifs is 3. The van der Waals surface area contributed by atoms with Gasteiger partial charge in [0.2, 0.25) is 16.9 Å². The maximum absolute atomic E-state index is 12.3. The third-order valence-electron chi connectivity index (χ3n) is 12.5. The summed E-state index contributed by atoms with van der Waals surface area (Å²) >= 11 is 1.63. The normalized spacial score (nSPS) is 24.3. The molecule has 2 bridgehead atoms. The van der Waals surface area contributed by atoms with E-state index in [0.29, 0.717) is 43.0 Å². The van der Waals surface area contributed by atoms with Crippen molar-refractivity contribution in [2.75, 3.05) is 61.1 Å². The number of ether oxygens (including phenoxy) is 1. The van der Waals surface area contributed by atoms with Crippen molar-refractivity contribution in [3.8, 4) is 28.0 Å². The van der Waals surface area contributed by atoms with E-state index in [1.54, 1.807) is 17.5 Å². The molecule has 57 heavy (non-hydrogen) atoms. The van der Waals surface area contributed by atoms with Gasteiger partial charge in [-0.05, 0) is 80.3 Å². The number of aromatic nitrogens is 6.